The van der Waals surface area contributed by atoms with Crippen LogP contribution < -0.4 is 15.4 Å². The van der Waals surface area contributed by atoms with Gasteiger partial charge in [-0.25, -0.2) is 0 Å². The molecule has 0 aliphatic carbocycles. The van der Waals surface area contributed by atoms with Crippen LogP contribution in [0.15, 0.2) is 47.1 Å². The van der Waals surface area contributed by atoms with E-state index >= 15 is 0 Å². The van der Waals surface area contributed by atoms with E-state index in [4.69, 9.17) is 13.9 Å². The summed E-state index contributed by atoms with van der Waals surface area (Å²) < 4.78 is 14.9. The molecule has 8 nitrogen and oxygen atoms in total. The summed E-state index contributed by atoms with van der Waals surface area (Å²) in [7, 11) is 1.53. The molecule has 0 bridgehead atoms. The third-order valence-electron chi connectivity index (χ3n) is 3.31. The largest absolute Gasteiger partial charge is 0.497 e. The molecule has 0 aliphatic rings. The lowest BCUT2D eigenvalue weighted by molar-refractivity contribution is -0.147. The van der Waals surface area contributed by atoms with E-state index < -0.39 is 11.9 Å². The molecule has 1 heterocycles. The molecule has 0 aliphatic heterocycles. The lowest BCUT2D eigenvalue weighted by atomic mass is 10.3. The summed E-state index contributed by atoms with van der Waals surface area (Å²) >= 11 is 0. The van der Waals surface area contributed by atoms with E-state index in [0.29, 0.717) is 24.4 Å². The predicted molar refractivity (Wildman–Crippen MR) is 92.9 cm³/mol. The molecule has 0 spiro atoms. The second-order valence-electron chi connectivity index (χ2n) is 5.28. The maximum Gasteiger partial charge on any atom is 0.306 e. The summed E-state index contributed by atoms with van der Waals surface area (Å²) in [6.07, 6.45) is 1.89. The van der Waals surface area contributed by atoms with E-state index in [0.717, 1.165) is 0 Å². The average molecular weight is 360 g/mol. The van der Waals surface area contributed by atoms with Crippen molar-refractivity contribution in [2.45, 2.75) is 12.8 Å². The second-order valence-corrected chi connectivity index (χ2v) is 5.28. The molecule has 26 heavy (non-hydrogen) atoms. The first-order chi connectivity index (χ1) is 12.6. The quantitative estimate of drug-likeness (QED) is 0.523. The maximum absolute atomic E-state index is 11.8. The summed E-state index contributed by atoms with van der Waals surface area (Å²) in [5.74, 6) is -0.491. The van der Waals surface area contributed by atoms with E-state index in [9.17, 15) is 14.4 Å². The fourth-order valence-corrected chi connectivity index (χ4v) is 2.05. The number of hydrogen-bond donors (Lipinski definition) is 2. The zero-order valence-corrected chi connectivity index (χ0v) is 14.3. The molecule has 0 saturated heterocycles. The highest BCUT2D eigenvalue weighted by molar-refractivity contribution is 5.93. The van der Waals surface area contributed by atoms with Crippen molar-refractivity contribution < 1.29 is 28.3 Å². The number of amides is 2. The van der Waals surface area contributed by atoms with Crippen molar-refractivity contribution in [2.75, 3.05) is 25.6 Å². The van der Waals surface area contributed by atoms with E-state index in [1.54, 1.807) is 36.4 Å². The number of rotatable bonds is 9. The SMILES string of the molecule is COc1cccc(NC(=O)COC(=O)CCCNC(=O)c2ccco2)c1. The van der Waals surface area contributed by atoms with E-state index in [1.165, 1.54) is 13.4 Å². The van der Waals surface area contributed by atoms with Crippen LogP contribution in [-0.2, 0) is 14.3 Å². The molecule has 2 aromatic rings. The highest BCUT2D eigenvalue weighted by Gasteiger charge is 2.10. The number of esters is 1. The molecule has 1 aromatic heterocycles. The molecule has 8 heteroatoms. The minimum absolute atomic E-state index is 0.0882. The van der Waals surface area contributed by atoms with Crippen molar-refractivity contribution in [2.24, 2.45) is 0 Å². The number of hydrogen-bond acceptors (Lipinski definition) is 6. The molecular formula is C18H20N2O6. The highest BCUT2D eigenvalue weighted by Crippen LogP contribution is 2.16. The Kier molecular flexibility index (Phi) is 7.23. The fraction of sp³-hybridized carbons (Fsp3) is 0.278. The number of ether oxygens (including phenoxy) is 2. The molecule has 0 radical (unpaired) electrons. The number of carbonyl (C=O) groups is 3. The van der Waals surface area contributed by atoms with Crippen LogP contribution in [0.3, 0.4) is 0 Å². The van der Waals surface area contributed by atoms with Gasteiger partial charge in [-0.05, 0) is 30.7 Å². The Bertz CT molecular complexity index is 742. The van der Waals surface area contributed by atoms with Crippen LogP contribution in [0, 0.1) is 0 Å². The minimum atomic E-state index is -0.516. The van der Waals surface area contributed by atoms with E-state index in [2.05, 4.69) is 10.6 Å². The normalized spacial score (nSPS) is 10.0. The molecule has 0 fully saturated rings. The van der Waals surface area contributed by atoms with Crippen molar-refractivity contribution in [3.8, 4) is 5.75 Å². The molecule has 0 saturated carbocycles. The molecule has 1 aromatic carbocycles. The zero-order chi connectivity index (χ0) is 18.8. The number of methoxy groups -OCH3 is 1. The van der Waals surface area contributed by atoms with Gasteiger partial charge in [0.1, 0.15) is 5.75 Å². The van der Waals surface area contributed by atoms with Crippen LogP contribution in [0.1, 0.15) is 23.4 Å². The minimum Gasteiger partial charge on any atom is -0.497 e. The average Bonchev–Trinajstić information content (AvgIpc) is 3.18. The summed E-state index contributed by atoms with van der Waals surface area (Å²) in [6.45, 7) is -0.0839. The van der Waals surface area contributed by atoms with Gasteiger partial charge in [0.2, 0.25) is 0 Å². The van der Waals surface area contributed by atoms with Crippen LogP contribution >= 0.6 is 0 Å². The Hall–Kier alpha value is -3.29. The molecule has 2 N–H and O–H groups in total. The summed E-state index contributed by atoms with van der Waals surface area (Å²) in [5.41, 5.74) is 0.547. The van der Waals surface area contributed by atoms with Crippen molar-refractivity contribution in [1.82, 2.24) is 5.32 Å². The Balaban J connectivity index is 1.60. The number of anilines is 1. The fourth-order valence-electron chi connectivity index (χ4n) is 2.05. The number of nitrogens with one attached hydrogen (secondary N) is 2. The molecule has 0 atom stereocenters. The topological polar surface area (TPSA) is 107 Å². The van der Waals surface area contributed by atoms with Gasteiger partial charge in [-0.2, -0.15) is 0 Å². The second kappa shape index (κ2) is 9.87. The van der Waals surface area contributed by atoms with Crippen molar-refractivity contribution in [3.63, 3.8) is 0 Å². The first kappa shape index (κ1) is 19.0. The smallest absolute Gasteiger partial charge is 0.306 e. The highest BCUT2D eigenvalue weighted by atomic mass is 16.5. The van der Waals surface area contributed by atoms with E-state index in [-0.39, 0.29) is 24.7 Å². The summed E-state index contributed by atoms with van der Waals surface area (Å²) in [4.78, 5) is 35.0. The Morgan fingerprint density at radius 1 is 1.15 bits per heavy atom. The van der Waals surface area contributed by atoms with Crippen molar-refractivity contribution in [1.29, 1.82) is 0 Å². The van der Waals surface area contributed by atoms with Crippen LogP contribution in [-0.4, -0.2) is 38.0 Å². The van der Waals surface area contributed by atoms with Crippen LogP contribution in [0.4, 0.5) is 5.69 Å². The Morgan fingerprint density at radius 3 is 2.73 bits per heavy atom. The standard InChI is InChI=1S/C18H20N2O6/c1-24-14-6-2-5-13(11-14)20-16(21)12-26-17(22)8-3-9-19-18(23)15-7-4-10-25-15/h2,4-7,10-11H,3,8-9,12H2,1H3,(H,19,23)(H,20,21). The third-order valence-corrected chi connectivity index (χ3v) is 3.31. The summed E-state index contributed by atoms with van der Waals surface area (Å²) in [6, 6.07) is 10.00. The van der Waals surface area contributed by atoms with Gasteiger partial charge in [-0.15, -0.1) is 0 Å². The molecular weight excluding hydrogens is 340 g/mol. The molecule has 0 unspecified atom stereocenters. The molecule has 2 rings (SSSR count). The Morgan fingerprint density at radius 2 is 2.00 bits per heavy atom. The van der Waals surface area contributed by atoms with Gasteiger partial charge in [-0.3, -0.25) is 14.4 Å². The first-order valence-corrected chi connectivity index (χ1v) is 7.99. The zero-order valence-electron chi connectivity index (χ0n) is 14.3. The van der Waals surface area contributed by atoms with Crippen LogP contribution in [0.5, 0.6) is 5.75 Å². The lowest BCUT2D eigenvalue weighted by Crippen LogP contribution is -2.25. The summed E-state index contributed by atoms with van der Waals surface area (Å²) in [5, 5.41) is 5.22. The lowest BCUT2D eigenvalue weighted by Gasteiger charge is -2.08. The maximum atomic E-state index is 11.8. The third kappa shape index (κ3) is 6.31. The predicted octanol–water partition coefficient (Wildman–Crippen LogP) is 1.98. The van der Waals surface area contributed by atoms with Crippen LogP contribution in [0.25, 0.3) is 0 Å². The Labute approximate surface area is 150 Å². The van der Waals surface area contributed by atoms with E-state index in [1.807, 2.05) is 0 Å². The van der Waals surface area contributed by atoms with Crippen molar-refractivity contribution >= 4 is 23.5 Å². The molecule has 138 valence electrons. The number of carbonyl (C=O) groups excluding carboxylic acids is 3. The number of furan rings is 1. The van der Waals surface area contributed by atoms with Gasteiger partial charge in [0.15, 0.2) is 12.4 Å². The number of benzene rings is 1. The van der Waals surface area contributed by atoms with Crippen molar-refractivity contribution in [3.05, 3.63) is 48.4 Å². The van der Waals surface area contributed by atoms with Gasteiger partial charge in [0, 0.05) is 24.7 Å². The van der Waals surface area contributed by atoms with Gasteiger partial charge in [0.05, 0.1) is 13.4 Å². The van der Waals surface area contributed by atoms with Crippen LogP contribution in [0.2, 0.25) is 0 Å². The van der Waals surface area contributed by atoms with Gasteiger partial charge < -0.3 is 24.5 Å². The van der Waals surface area contributed by atoms with Gasteiger partial charge in [0.25, 0.3) is 11.8 Å². The first-order valence-electron chi connectivity index (χ1n) is 7.99. The molecule has 2 amide bonds. The van der Waals surface area contributed by atoms with Gasteiger partial charge in [-0.1, -0.05) is 6.07 Å². The van der Waals surface area contributed by atoms with Gasteiger partial charge >= 0.3 is 5.97 Å². The monoisotopic (exact) mass is 360 g/mol.